The molecule has 3 heteroatoms. The van der Waals surface area contributed by atoms with E-state index in [0.717, 1.165) is 13.1 Å². The molecule has 1 aromatic carbocycles. The van der Waals surface area contributed by atoms with E-state index in [-0.39, 0.29) is 5.41 Å². The number of hydrogen-bond acceptors (Lipinski definition) is 3. The first-order chi connectivity index (χ1) is 11.5. The molecule has 0 saturated carbocycles. The van der Waals surface area contributed by atoms with Crippen LogP contribution in [-0.2, 0) is 12.0 Å². The topological polar surface area (TPSA) is 32.5 Å². The van der Waals surface area contributed by atoms with Crippen LogP contribution in [0.2, 0.25) is 0 Å². The average molecular weight is 330 g/mol. The number of benzene rings is 1. The van der Waals surface area contributed by atoms with Gasteiger partial charge in [-0.2, -0.15) is 0 Å². The fourth-order valence-corrected chi connectivity index (χ4v) is 4.21. The molecule has 2 N–H and O–H groups in total. The summed E-state index contributed by atoms with van der Waals surface area (Å²) >= 11 is 0. The van der Waals surface area contributed by atoms with E-state index < -0.39 is 0 Å². The Hall–Kier alpha value is -0.900. The molecule has 1 aromatic rings. The molecule has 1 atom stereocenters. The normalized spacial score (nSPS) is 22.2. The first-order valence-corrected chi connectivity index (χ1v) is 9.79. The number of nitrogens with two attached hydrogens (primary N) is 1. The molecule has 1 unspecified atom stereocenters. The Bertz CT molecular complexity index is 541. The predicted octanol–water partition coefficient (Wildman–Crippen LogP) is 3.68. The molecule has 0 amide bonds. The number of hydrogen-bond donors (Lipinski definition) is 1. The quantitative estimate of drug-likeness (QED) is 0.808. The fourth-order valence-electron chi connectivity index (χ4n) is 4.21. The predicted molar refractivity (Wildman–Crippen MR) is 102 cm³/mol. The summed E-state index contributed by atoms with van der Waals surface area (Å²) in [5.74, 6) is 0. The van der Waals surface area contributed by atoms with Crippen LogP contribution in [0.5, 0.6) is 0 Å². The standard InChI is InChI=1S/C21H35N3/c1-21(2,3)18-9-8-17-16-24(20(15-22)19(17)14-18)13-7-6-12-23-10-4-5-11-23/h8-9,14,20H,4-7,10-13,15-16,22H2,1-3H3. The number of fused-ring (bicyclic) bond motifs is 1. The highest BCUT2D eigenvalue weighted by Crippen LogP contribution is 2.36. The van der Waals surface area contributed by atoms with E-state index >= 15 is 0 Å². The van der Waals surface area contributed by atoms with Gasteiger partial charge in [0, 0.05) is 19.1 Å². The van der Waals surface area contributed by atoms with Crippen LogP contribution in [0.3, 0.4) is 0 Å². The monoisotopic (exact) mass is 329 g/mol. The van der Waals surface area contributed by atoms with Crippen molar-refractivity contribution in [3.8, 4) is 0 Å². The van der Waals surface area contributed by atoms with Crippen molar-refractivity contribution >= 4 is 0 Å². The lowest BCUT2D eigenvalue weighted by Gasteiger charge is -2.25. The molecule has 2 heterocycles. The van der Waals surface area contributed by atoms with Crippen LogP contribution in [0.15, 0.2) is 18.2 Å². The number of nitrogens with zero attached hydrogens (tertiary/aromatic N) is 2. The van der Waals surface area contributed by atoms with Crippen LogP contribution in [0.4, 0.5) is 0 Å². The van der Waals surface area contributed by atoms with Crippen molar-refractivity contribution in [1.82, 2.24) is 9.80 Å². The molecule has 0 aromatic heterocycles. The highest BCUT2D eigenvalue weighted by Gasteiger charge is 2.30. The second kappa shape index (κ2) is 7.55. The average Bonchev–Trinajstić information content (AvgIpc) is 3.17. The van der Waals surface area contributed by atoms with Crippen molar-refractivity contribution in [3.63, 3.8) is 0 Å². The molecule has 3 rings (SSSR count). The first kappa shape index (κ1) is 17.9. The molecule has 0 aliphatic carbocycles. The minimum atomic E-state index is 0.206. The lowest BCUT2D eigenvalue weighted by atomic mass is 9.85. The van der Waals surface area contributed by atoms with Gasteiger partial charge in [-0.25, -0.2) is 0 Å². The zero-order valence-corrected chi connectivity index (χ0v) is 15.9. The summed E-state index contributed by atoms with van der Waals surface area (Å²) < 4.78 is 0. The summed E-state index contributed by atoms with van der Waals surface area (Å²) in [5, 5.41) is 0. The van der Waals surface area contributed by atoms with E-state index in [1.807, 2.05) is 0 Å². The maximum Gasteiger partial charge on any atom is 0.0477 e. The van der Waals surface area contributed by atoms with E-state index in [2.05, 4.69) is 48.8 Å². The summed E-state index contributed by atoms with van der Waals surface area (Å²) in [6, 6.07) is 7.47. The van der Waals surface area contributed by atoms with Crippen LogP contribution >= 0.6 is 0 Å². The van der Waals surface area contributed by atoms with Crippen molar-refractivity contribution in [1.29, 1.82) is 0 Å². The third-order valence-corrected chi connectivity index (χ3v) is 5.78. The summed E-state index contributed by atoms with van der Waals surface area (Å²) in [6.45, 7) is 13.8. The zero-order chi connectivity index (χ0) is 17.2. The van der Waals surface area contributed by atoms with E-state index in [1.54, 1.807) is 0 Å². The third-order valence-electron chi connectivity index (χ3n) is 5.78. The van der Waals surface area contributed by atoms with E-state index in [0.29, 0.717) is 6.04 Å². The lowest BCUT2D eigenvalue weighted by molar-refractivity contribution is 0.210. The minimum absolute atomic E-state index is 0.206. The maximum absolute atomic E-state index is 6.15. The summed E-state index contributed by atoms with van der Waals surface area (Å²) in [7, 11) is 0. The molecule has 134 valence electrons. The summed E-state index contributed by atoms with van der Waals surface area (Å²) in [5.41, 5.74) is 10.7. The van der Waals surface area contributed by atoms with Gasteiger partial charge in [0.2, 0.25) is 0 Å². The van der Waals surface area contributed by atoms with Crippen LogP contribution in [0, 0.1) is 0 Å². The Morgan fingerprint density at radius 2 is 1.79 bits per heavy atom. The molecule has 2 aliphatic rings. The number of likely N-dealkylation sites (tertiary alicyclic amines) is 1. The zero-order valence-electron chi connectivity index (χ0n) is 15.9. The van der Waals surface area contributed by atoms with E-state index in [4.69, 9.17) is 5.73 Å². The fraction of sp³-hybridized carbons (Fsp3) is 0.714. The van der Waals surface area contributed by atoms with Crippen molar-refractivity contribution < 1.29 is 0 Å². The highest BCUT2D eigenvalue weighted by atomic mass is 15.2. The van der Waals surface area contributed by atoms with Crippen molar-refractivity contribution in [2.75, 3.05) is 32.7 Å². The van der Waals surface area contributed by atoms with Gasteiger partial charge in [-0.05, 0) is 74.0 Å². The van der Waals surface area contributed by atoms with Crippen LogP contribution in [0.1, 0.15) is 69.2 Å². The van der Waals surface area contributed by atoms with Crippen molar-refractivity contribution in [2.24, 2.45) is 5.73 Å². The largest absolute Gasteiger partial charge is 0.329 e. The van der Waals surface area contributed by atoms with Gasteiger partial charge in [-0.15, -0.1) is 0 Å². The smallest absolute Gasteiger partial charge is 0.0477 e. The molecule has 24 heavy (non-hydrogen) atoms. The second-order valence-corrected chi connectivity index (χ2v) is 8.64. The van der Waals surface area contributed by atoms with E-state index in [1.165, 1.54) is 68.6 Å². The molecule has 1 saturated heterocycles. The lowest BCUT2D eigenvalue weighted by Crippen LogP contribution is -2.29. The Morgan fingerprint density at radius 3 is 2.46 bits per heavy atom. The summed E-state index contributed by atoms with van der Waals surface area (Å²) in [6.07, 6.45) is 5.39. The Balaban J connectivity index is 1.57. The Kier molecular flexibility index (Phi) is 5.63. The van der Waals surface area contributed by atoms with Crippen molar-refractivity contribution in [2.45, 2.75) is 64.5 Å². The second-order valence-electron chi connectivity index (χ2n) is 8.64. The van der Waals surface area contributed by atoms with Gasteiger partial charge >= 0.3 is 0 Å². The van der Waals surface area contributed by atoms with Gasteiger partial charge in [0.05, 0.1) is 0 Å². The highest BCUT2D eigenvalue weighted by molar-refractivity contribution is 5.40. The molecule has 2 aliphatic heterocycles. The molecule has 1 fully saturated rings. The van der Waals surface area contributed by atoms with Crippen LogP contribution < -0.4 is 5.73 Å². The van der Waals surface area contributed by atoms with Gasteiger partial charge in [0.15, 0.2) is 0 Å². The summed E-state index contributed by atoms with van der Waals surface area (Å²) in [4.78, 5) is 5.22. The number of unbranched alkanes of at least 4 members (excludes halogenated alkanes) is 1. The molecular formula is C21H35N3. The molecule has 3 nitrogen and oxygen atoms in total. The van der Waals surface area contributed by atoms with Gasteiger partial charge in [0.1, 0.15) is 0 Å². The minimum Gasteiger partial charge on any atom is -0.329 e. The number of rotatable bonds is 6. The molecular weight excluding hydrogens is 294 g/mol. The van der Waals surface area contributed by atoms with E-state index in [9.17, 15) is 0 Å². The van der Waals surface area contributed by atoms with Crippen LogP contribution in [-0.4, -0.2) is 42.5 Å². The van der Waals surface area contributed by atoms with Crippen molar-refractivity contribution in [3.05, 3.63) is 34.9 Å². The molecule has 0 spiro atoms. The Labute approximate surface area is 148 Å². The molecule has 0 radical (unpaired) electrons. The van der Waals surface area contributed by atoms with Gasteiger partial charge in [-0.1, -0.05) is 39.0 Å². The van der Waals surface area contributed by atoms with Gasteiger partial charge in [-0.3, -0.25) is 4.90 Å². The van der Waals surface area contributed by atoms with Crippen LogP contribution in [0.25, 0.3) is 0 Å². The Morgan fingerprint density at radius 1 is 1.08 bits per heavy atom. The first-order valence-electron chi connectivity index (χ1n) is 9.79. The van der Waals surface area contributed by atoms with Gasteiger partial charge < -0.3 is 10.6 Å². The molecule has 0 bridgehead atoms. The third kappa shape index (κ3) is 4.01. The SMILES string of the molecule is CC(C)(C)c1ccc2c(c1)C(CN)N(CCCCN1CCCC1)C2. The maximum atomic E-state index is 6.15. The van der Waals surface area contributed by atoms with Gasteiger partial charge in [0.25, 0.3) is 0 Å².